The summed E-state index contributed by atoms with van der Waals surface area (Å²) >= 11 is 0. The van der Waals surface area contributed by atoms with Crippen molar-refractivity contribution in [3.63, 3.8) is 0 Å². The average molecular weight is 202 g/mol. The molecule has 0 atom stereocenters. The summed E-state index contributed by atoms with van der Waals surface area (Å²) in [7, 11) is 1.54. The van der Waals surface area contributed by atoms with E-state index in [1.807, 2.05) is 30.3 Å². The van der Waals surface area contributed by atoms with Crippen LogP contribution < -0.4 is 0 Å². The molecule has 0 aliphatic carbocycles. The fourth-order valence-electron chi connectivity index (χ4n) is 1.07. The van der Waals surface area contributed by atoms with E-state index in [2.05, 4.69) is 0 Å². The lowest BCUT2D eigenvalue weighted by molar-refractivity contribution is -0.125. The van der Waals surface area contributed by atoms with Gasteiger partial charge in [-0.15, -0.1) is 0 Å². The molecular weight excluding hydrogens is 190 g/mol. The molecular formula is C12H12NO2. The second-order valence-electron chi connectivity index (χ2n) is 3.12. The van der Waals surface area contributed by atoms with E-state index in [1.54, 1.807) is 19.4 Å². The van der Waals surface area contributed by atoms with Crippen LogP contribution in [0.4, 0.5) is 0 Å². The van der Waals surface area contributed by atoms with Gasteiger partial charge in [0.05, 0.1) is 5.70 Å². The van der Waals surface area contributed by atoms with Crippen LogP contribution in [0.3, 0.4) is 0 Å². The van der Waals surface area contributed by atoms with E-state index in [4.69, 9.17) is 0 Å². The lowest BCUT2D eigenvalue weighted by Gasteiger charge is -2.13. The molecule has 1 amide bonds. The van der Waals surface area contributed by atoms with Crippen molar-refractivity contribution in [2.75, 3.05) is 7.05 Å². The average Bonchev–Trinajstić information content (AvgIpc) is 2.26. The Balaban J connectivity index is 2.97. The van der Waals surface area contributed by atoms with Gasteiger partial charge in [-0.25, -0.2) is 0 Å². The van der Waals surface area contributed by atoms with Crippen LogP contribution in [0.2, 0.25) is 0 Å². The topological polar surface area (TPSA) is 37.4 Å². The molecule has 0 saturated heterocycles. The number of rotatable bonds is 3. The number of likely N-dealkylation sites (N-methyl/N-ethyl adjacent to an activating group) is 1. The van der Waals surface area contributed by atoms with Crippen LogP contribution in [-0.4, -0.2) is 24.1 Å². The van der Waals surface area contributed by atoms with E-state index in [-0.39, 0.29) is 11.6 Å². The molecule has 1 rings (SSSR count). The van der Waals surface area contributed by atoms with Gasteiger partial charge in [-0.05, 0) is 11.6 Å². The van der Waals surface area contributed by atoms with Crippen molar-refractivity contribution in [1.82, 2.24) is 4.90 Å². The third kappa shape index (κ3) is 3.06. The lowest BCUT2D eigenvalue weighted by atomic mass is 10.2. The first-order valence-electron chi connectivity index (χ1n) is 4.54. The summed E-state index contributed by atoms with van der Waals surface area (Å²) in [6.45, 7) is 1.40. The maximum Gasteiger partial charge on any atom is 0.251 e. The van der Waals surface area contributed by atoms with E-state index in [0.29, 0.717) is 0 Å². The Morgan fingerprint density at radius 3 is 2.40 bits per heavy atom. The van der Waals surface area contributed by atoms with Gasteiger partial charge in [-0.3, -0.25) is 9.59 Å². The number of hydrogen-bond acceptors (Lipinski definition) is 2. The van der Waals surface area contributed by atoms with Gasteiger partial charge in [0, 0.05) is 14.0 Å². The monoisotopic (exact) mass is 202 g/mol. The van der Waals surface area contributed by atoms with E-state index >= 15 is 0 Å². The molecule has 1 radical (unpaired) electrons. The number of nitrogens with zero attached hydrogens (tertiary/aromatic N) is 1. The first-order chi connectivity index (χ1) is 7.15. The summed E-state index contributed by atoms with van der Waals surface area (Å²) in [5.74, 6) is -0.194. The van der Waals surface area contributed by atoms with Gasteiger partial charge in [-0.1, -0.05) is 30.3 Å². The fraction of sp³-hybridized carbons (Fsp3) is 0.167. The maximum atomic E-state index is 11.0. The largest absolute Gasteiger partial charge is 0.312 e. The van der Waals surface area contributed by atoms with Crippen molar-refractivity contribution < 1.29 is 9.59 Å². The van der Waals surface area contributed by atoms with Gasteiger partial charge in [0.25, 0.3) is 6.29 Å². The van der Waals surface area contributed by atoms with Gasteiger partial charge in [-0.2, -0.15) is 0 Å². The van der Waals surface area contributed by atoms with Crippen LogP contribution in [0.5, 0.6) is 0 Å². The predicted octanol–water partition coefficient (Wildman–Crippen LogP) is 1.62. The van der Waals surface area contributed by atoms with Gasteiger partial charge < -0.3 is 4.90 Å². The van der Waals surface area contributed by atoms with Crippen LogP contribution in [0.1, 0.15) is 12.5 Å². The van der Waals surface area contributed by atoms with Crippen LogP contribution in [0, 0.1) is 0 Å². The third-order valence-electron chi connectivity index (χ3n) is 2.04. The number of carbonyl (C=O) groups excluding carboxylic acids is 2. The zero-order valence-corrected chi connectivity index (χ0v) is 8.73. The van der Waals surface area contributed by atoms with E-state index in [9.17, 15) is 9.59 Å². The fourth-order valence-corrected chi connectivity index (χ4v) is 1.07. The van der Waals surface area contributed by atoms with Crippen molar-refractivity contribution in [1.29, 1.82) is 0 Å². The predicted molar refractivity (Wildman–Crippen MR) is 58.6 cm³/mol. The Bertz CT molecular complexity index is 382. The summed E-state index contributed by atoms with van der Waals surface area (Å²) in [5, 5.41) is 0. The van der Waals surface area contributed by atoms with Crippen molar-refractivity contribution in [3.8, 4) is 0 Å². The minimum Gasteiger partial charge on any atom is -0.312 e. The summed E-state index contributed by atoms with van der Waals surface area (Å²) in [4.78, 5) is 23.0. The molecule has 0 aliphatic rings. The molecule has 15 heavy (non-hydrogen) atoms. The Morgan fingerprint density at radius 2 is 1.93 bits per heavy atom. The van der Waals surface area contributed by atoms with Gasteiger partial charge in [0.2, 0.25) is 5.91 Å². The highest BCUT2D eigenvalue weighted by Gasteiger charge is 2.08. The Labute approximate surface area is 89.0 Å². The van der Waals surface area contributed by atoms with Crippen molar-refractivity contribution in [2.45, 2.75) is 6.92 Å². The molecule has 3 heteroatoms. The van der Waals surface area contributed by atoms with Gasteiger partial charge in [0.15, 0.2) is 0 Å². The molecule has 3 nitrogen and oxygen atoms in total. The Morgan fingerprint density at radius 1 is 1.33 bits per heavy atom. The van der Waals surface area contributed by atoms with Crippen LogP contribution >= 0.6 is 0 Å². The zero-order valence-electron chi connectivity index (χ0n) is 8.73. The second kappa shape index (κ2) is 5.10. The maximum absolute atomic E-state index is 11.0. The molecule has 1 aromatic carbocycles. The first-order valence-corrected chi connectivity index (χ1v) is 4.54. The number of carbonyl (C=O) groups is 1. The van der Waals surface area contributed by atoms with Crippen LogP contribution in [0.15, 0.2) is 36.0 Å². The molecule has 0 spiro atoms. The van der Waals surface area contributed by atoms with Gasteiger partial charge in [0.1, 0.15) is 0 Å². The van der Waals surface area contributed by atoms with E-state index in [1.165, 1.54) is 11.8 Å². The third-order valence-corrected chi connectivity index (χ3v) is 2.04. The zero-order chi connectivity index (χ0) is 11.3. The molecule has 0 aromatic heterocycles. The normalized spacial score (nSPS) is 10.9. The highest BCUT2D eigenvalue weighted by molar-refractivity contribution is 5.89. The van der Waals surface area contributed by atoms with Crippen molar-refractivity contribution >= 4 is 18.3 Å². The van der Waals surface area contributed by atoms with E-state index < -0.39 is 0 Å². The number of allylic oxidation sites excluding steroid dienone is 1. The van der Waals surface area contributed by atoms with Gasteiger partial charge >= 0.3 is 0 Å². The SMILES string of the molecule is CC(=O)N(C)C([C]=O)=Cc1ccccc1. The Kier molecular flexibility index (Phi) is 3.80. The molecule has 0 heterocycles. The molecule has 0 bridgehead atoms. The number of hydrogen-bond donors (Lipinski definition) is 0. The molecule has 0 saturated carbocycles. The van der Waals surface area contributed by atoms with Crippen molar-refractivity contribution in [2.24, 2.45) is 0 Å². The lowest BCUT2D eigenvalue weighted by Crippen LogP contribution is -2.23. The quantitative estimate of drug-likeness (QED) is 0.698. The summed E-state index contributed by atoms with van der Waals surface area (Å²) in [5.41, 5.74) is 1.10. The molecule has 0 unspecified atom stereocenters. The van der Waals surface area contributed by atoms with Crippen LogP contribution in [-0.2, 0) is 9.59 Å². The first kappa shape index (κ1) is 11.2. The highest BCUT2D eigenvalue weighted by Crippen LogP contribution is 2.07. The summed E-state index contributed by atoms with van der Waals surface area (Å²) in [6, 6.07) is 9.32. The summed E-state index contributed by atoms with van der Waals surface area (Å²) < 4.78 is 0. The molecule has 0 N–H and O–H groups in total. The van der Waals surface area contributed by atoms with Crippen LogP contribution in [0.25, 0.3) is 6.08 Å². The number of benzene rings is 1. The molecule has 0 aliphatic heterocycles. The summed E-state index contributed by atoms with van der Waals surface area (Å²) in [6.07, 6.45) is 3.37. The minimum atomic E-state index is -0.194. The van der Waals surface area contributed by atoms with E-state index in [0.717, 1.165) is 5.56 Å². The molecule has 77 valence electrons. The Hall–Kier alpha value is -1.90. The highest BCUT2D eigenvalue weighted by atomic mass is 16.2. The standard InChI is InChI=1S/C12H12NO2/c1-10(15)13(2)12(9-14)8-11-6-4-3-5-7-11/h3-8H,1-2H3. The second-order valence-corrected chi connectivity index (χ2v) is 3.12. The molecule has 0 fully saturated rings. The smallest absolute Gasteiger partial charge is 0.251 e. The number of amides is 1. The van der Waals surface area contributed by atoms with Crippen molar-refractivity contribution in [3.05, 3.63) is 41.6 Å². The molecule has 1 aromatic rings. The minimum absolute atomic E-state index is 0.194.